The first-order valence-electron chi connectivity index (χ1n) is 6.12. The van der Waals surface area contributed by atoms with Gasteiger partial charge in [-0.3, -0.25) is 0 Å². The molecule has 0 radical (unpaired) electrons. The Morgan fingerprint density at radius 3 is 3.17 bits per heavy atom. The maximum Gasteiger partial charge on any atom is 0.364 e. The molecule has 1 saturated carbocycles. The minimum atomic E-state index is -0.316. The van der Waals surface area contributed by atoms with Gasteiger partial charge in [0.15, 0.2) is 5.65 Å². The second-order valence-corrected chi connectivity index (χ2v) is 4.66. The summed E-state index contributed by atoms with van der Waals surface area (Å²) in [4.78, 5) is 13.7. The first-order valence-corrected chi connectivity index (χ1v) is 6.12. The van der Waals surface area contributed by atoms with Gasteiger partial charge in [0.05, 0.1) is 0 Å². The van der Waals surface area contributed by atoms with E-state index < -0.39 is 0 Å². The van der Waals surface area contributed by atoms with Gasteiger partial charge < -0.3 is 10.2 Å². The van der Waals surface area contributed by atoms with Crippen LogP contribution in [0.25, 0.3) is 5.65 Å². The Morgan fingerprint density at radius 2 is 2.39 bits per heavy atom. The van der Waals surface area contributed by atoms with Crippen LogP contribution in [0.2, 0.25) is 0 Å². The number of nitrogens with zero attached hydrogens (tertiary/aromatic N) is 4. The third-order valence-electron chi connectivity index (χ3n) is 3.21. The largest absolute Gasteiger partial charge is 0.367 e. The van der Waals surface area contributed by atoms with Crippen molar-refractivity contribution in [2.24, 2.45) is 0 Å². The third kappa shape index (κ3) is 2.21. The summed E-state index contributed by atoms with van der Waals surface area (Å²) in [6.07, 6.45) is 2.62. The second-order valence-electron chi connectivity index (χ2n) is 4.66. The molecule has 1 aliphatic carbocycles. The van der Waals surface area contributed by atoms with Gasteiger partial charge in [-0.1, -0.05) is 0 Å². The van der Waals surface area contributed by atoms with Crippen molar-refractivity contribution in [3.8, 4) is 0 Å². The Kier molecular flexibility index (Phi) is 2.75. The molecule has 96 valence electrons. The Morgan fingerprint density at radius 1 is 1.56 bits per heavy atom. The molecule has 2 N–H and O–H groups in total. The molecule has 18 heavy (non-hydrogen) atoms. The zero-order chi connectivity index (χ0) is 12.5. The lowest BCUT2D eigenvalue weighted by Gasteiger charge is -2.15. The third-order valence-corrected chi connectivity index (χ3v) is 3.21. The minimum absolute atomic E-state index is 0.316. The molecule has 7 nitrogen and oxygen atoms in total. The molecule has 1 fully saturated rings. The Balaban J connectivity index is 1.63. The zero-order valence-corrected chi connectivity index (χ0v) is 10.3. The number of aromatic nitrogens is 4. The van der Waals surface area contributed by atoms with Gasteiger partial charge in [-0.2, -0.15) is 9.61 Å². The fourth-order valence-corrected chi connectivity index (χ4v) is 1.96. The van der Waals surface area contributed by atoms with E-state index in [-0.39, 0.29) is 5.69 Å². The summed E-state index contributed by atoms with van der Waals surface area (Å²) in [7, 11) is 2.14. The van der Waals surface area contributed by atoms with Crippen molar-refractivity contribution < 1.29 is 0 Å². The van der Waals surface area contributed by atoms with Crippen LogP contribution < -0.4 is 11.0 Å². The van der Waals surface area contributed by atoms with E-state index in [1.807, 2.05) is 6.07 Å². The smallest absolute Gasteiger partial charge is 0.364 e. The van der Waals surface area contributed by atoms with Gasteiger partial charge in [0.25, 0.3) is 0 Å². The van der Waals surface area contributed by atoms with Crippen LogP contribution in [0.4, 0.5) is 5.82 Å². The summed E-state index contributed by atoms with van der Waals surface area (Å²) < 4.78 is 1.26. The van der Waals surface area contributed by atoms with Crippen molar-refractivity contribution in [2.75, 3.05) is 25.5 Å². The van der Waals surface area contributed by atoms with Crippen LogP contribution in [-0.2, 0) is 0 Å². The summed E-state index contributed by atoms with van der Waals surface area (Å²) >= 11 is 0. The number of anilines is 1. The highest BCUT2D eigenvalue weighted by molar-refractivity contribution is 5.42. The first kappa shape index (κ1) is 11.2. The fraction of sp³-hybridized carbons (Fsp3) is 0.545. The number of nitrogens with one attached hydrogen (secondary N) is 2. The van der Waals surface area contributed by atoms with E-state index in [0.29, 0.717) is 11.5 Å². The van der Waals surface area contributed by atoms with Crippen molar-refractivity contribution in [1.82, 2.24) is 24.7 Å². The average molecular weight is 248 g/mol. The molecule has 0 bridgehead atoms. The highest BCUT2D eigenvalue weighted by Gasteiger charge is 2.25. The van der Waals surface area contributed by atoms with E-state index in [4.69, 9.17) is 0 Å². The average Bonchev–Trinajstić information content (AvgIpc) is 3.16. The Labute approximate surface area is 104 Å². The van der Waals surface area contributed by atoms with Gasteiger partial charge in [-0.05, 0) is 32.0 Å². The monoisotopic (exact) mass is 248 g/mol. The number of aromatic amines is 1. The maximum absolute atomic E-state index is 11.4. The SMILES string of the molecule is CN(CCNc1ccc2n[nH]c(=O)n2n1)C1CC1. The molecular weight excluding hydrogens is 232 g/mol. The maximum atomic E-state index is 11.4. The van der Waals surface area contributed by atoms with Crippen molar-refractivity contribution >= 4 is 11.5 Å². The molecule has 2 aromatic heterocycles. The van der Waals surface area contributed by atoms with Crippen LogP contribution >= 0.6 is 0 Å². The van der Waals surface area contributed by atoms with Gasteiger partial charge in [0, 0.05) is 19.1 Å². The predicted octanol–water partition coefficient (Wildman–Crippen LogP) is -0.0763. The van der Waals surface area contributed by atoms with Crippen molar-refractivity contribution in [3.05, 3.63) is 22.6 Å². The molecule has 0 aliphatic heterocycles. The van der Waals surface area contributed by atoms with E-state index in [1.54, 1.807) is 6.07 Å². The Bertz CT molecular complexity index is 599. The minimum Gasteiger partial charge on any atom is -0.367 e. The normalized spacial score (nSPS) is 15.4. The van der Waals surface area contributed by atoms with Crippen molar-refractivity contribution in [1.29, 1.82) is 0 Å². The van der Waals surface area contributed by atoms with Crippen LogP contribution in [0.15, 0.2) is 16.9 Å². The summed E-state index contributed by atoms with van der Waals surface area (Å²) in [5.74, 6) is 0.690. The molecule has 0 amide bonds. The van der Waals surface area contributed by atoms with Crippen LogP contribution in [0.1, 0.15) is 12.8 Å². The van der Waals surface area contributed by atoms with E-state index in [1.165, 1.54) is 17.4 Å². The summed E-state index contributed by atoms with van der Waals surface area (Å²) in [6.45, 7) is 1.79. The second kappa shape index (κ2) is 4.41. The fourth-order valence-electron chi connectivity index (χ4n) is 1.96. The Hall–Kier alpha value is -1.89. The molecular formula is C11H16N6O. The van der Waals surface area contributed by atoms with Gasteiger partial charge >= 0.3 is 5.69 Å². The highest BCUT2D eigenvalue weighted by atomic mass is 16.2. The molecule has 0 aromatic carbocycles. The standard InChI is InChI=1S/C11H16N6O/c1-16(8-2-3-8)7-6-12-9-4-5-10-13-14-11(18)17(10)15-9/h4-5,8H,2-3,6-7H2,1H3,(H,12,15)(H,14,18). The topological polar surface area (TPSA) is 78.3 Å². The molecule has 2 heterocycles. The van der Waals surface area contributed by atoms with E-state index >= 15 is 0 Å². The first-order chi connectivity index (χ1) is 8.74. The summed E-state index contributed by atoms with van der Waals surface area (Å²) in [5, 5.41) is 13.6. The number of hydrogen-bond donors (Lipinski definition) is 2. The number of fused-ring (bicyclic) bond motifs is 1. The molecule has 1 aliphatic rings. The zero-order valence-electron chi connectivity index (χ0n) is 10.3. The lowest BCUT2D eigenvalue weighted by atomic mass is 10.4. The number of rotatable bonds is 5. The molecule has 3 rings (SSSR count). The highest BCUT2D eigenvalue weighted by Crippen LogP contribution is 2.24. The molecule has 7 heteroatoms. The molecule has 0 unspecified atom stereocenters. The van der Waals surface area contributed by atoms with Crippen LogP contribution in [0, 0.1) is 0 Å². The summed E-state index contributed by atoms with van der Waals surface area (Å²) in [5.41, 5.74) is 0.212. The van der Waals surface area contributed by atoms with E-state index in [0.717, 1.165) is 19.1 Å². The van der Waals surface area contributed by atoms with Crippen LogP contribution in [-0.4, -0.2) is 50.9 Å². The lowest BCUT2D eigenvalue weighted by molar-refractivity contribution is 0.337. The number of H-pyrrole nitrogens is 1. The van der Waals surface area contributed by atoms with Crippen molar-refractivity contribution in [2.45, 2.75) is 18.9 Å². The number of hydrogen-bond acceptors (Lipinski definition) is 5. The quantitative estimate of drug-likeness (QED) is 0.774. The van der Waals surface area contributed by atoms with Gasteiger partial charge in [-0.25, -0.2) is 9.89 Å². The van der Waals surface area contributed by atoms with E-state index in [2.05, 4.69) is 32.6 Å². The van der Waals surface area contributed by atoms with Gasteiger partial charge in [0.1, 0.15) is 5.82 Å². The molecule has 2 aromatic rings. The van der Waals surface area contributed by atoms with Crippen molar-refractivity contribution in [3.63, 3.8) is 0 Å². The van der Waals surface area contributed by atoms with E-state index in [9.17, 15) is 4.79 Å². The van der Waals surface area contributed by atoms with Crippen LogP contribution in [0.3, 0.4) is 0 Å². The van der Waals surface area contributed by atoms with Gasteiger partial charge in [0.2, 0.25) is 0 Å². The lowest BCUT2D eigenvalue weighted by Crippen LogP contribution is -2.27. The predicted molar refractivity (Wildman–Crippen MR) is 67.7 cm³/mol. The summed E-state index contributed by atoms with van der Waals surface area (Å²) in [6, 6.07) is 4.35. The van der Waals surface area contributed by atoms with Gasteiger partial charge in [-0.15, -0.1) is 5.10 Å². The molecule has 0 atom stereocenters. The molecule has 0 spiro atoms. The van der Waals surface area contributed by atoms with Crippen LogP contribution in [0.5, 0.6) is 0 Å². The molecule has 0 saturated heterocycles. The number of likely N-dealkylation sites (N-methyl/N-ethyl adjacent to an activating group) is 1.